The number of aliphatic hydroxyl groups is 1. The van der Waals surface area contributed by atoms with Crippen molar-refractivity contribution < 1.29 is 33.6 Å². The Morgan fingerprint density at radius 3 is 2.51 bits per heavy atom. The van der Waals surface area contributed by atoms with Crippen LogP contribution in [-0.4, -0.2) is 65.2 Å². The average Bonchev–Trinajstić information content (AvgIpc) is 3.34. The van der Waals surface area contributed by atoms with Gasteiger partial charge in [0.15, 0.2) is 23.0 Å². The van der Waals surface area contributed by atoms with Gasteiger partial charge in [-0.15, -0.1) is 0 Å². The molecule has 1 aromatic carbocycles. The molecule has 232 valence electrons. The number of rotatable bonds is 10. The number of anilines is 3. The number of nitrogens with two attached hydrogens (primary N) is 1. The molecule has 0 saturated heterocycles. The smallest absolute Gasteiger partial charge is 0.396 e. The average molecular weight is 616 g/mol. The quantitative estimate of drug-likeness (QED) is 0.126. The normalized spacial score (nSPS) is 20.9. The highest BCUT2D eigenvalue weighted by Gasteiger charge is 2.32. The number of aromatic nitrogens is 4. The second kappa shape index (κ2) is 13.4. The first-order valence-electron chi connectivity index (χ1n) is 14.5. The number of nitrogen functional groups attached to an aromatic ring is 1. The van der Waals surface area contributed by atoms with Crippen molar-refractivity contribution in [1.82, 2.24) is 19.5 Å². The summed E-state index contributed by atoms with van der Waals surface area (Å²) in [6.45, 7) is 1.66. The van der Waals surface area contributed by atoms with E-state index in [0.29, 0.717) is 11.7 Å². The Morgan fingerprint density at radius 1 is 1.16 bits per heavy atom. The molecule has 3 aliphatic carbocycles. The van der Waals surface area contributed by atoms with Crippen LogP contribution in [0.25, 0.3) is 11.2 Å². The summed E-state index contributed by atoms with van der Waals surface area (Å²) in [5.41, 5.74) is 7.98. The number of allylic oxidation sites excluding steroid dienone is 1. The largest absolute Gasteiger partial charge is 0.527 e. The molecule has 2 aromatic heterocycles. The fraction of sp³-hybridized carbons (Fsp3) is 0.500. The van der Waals surface area contributed by atoms with Crippen molar-refractivity contribution >= 4 is 42.4 Å². The number of imidazole rings is 1. The van der Waals surface area contributed by atoms with Crippen LogP contribution in [0.3, 0.4) is 0 Å². The van der Waals surface area contributed by atoms with E-state index < -0.39 is 19.8 Å². The molecule has 0 aliphatic heterocycles. The molecule has 14 nitrogen and oxygen atoms in total. The first kappa shape index (κ1) is 30.9. The maximum atomic E-state index is 11.9. The van der Waals surface area contributed by atoms with E-state index in [1.807, 2.05) is 16.7 Å². The number of phosphoric ester groups is 1. The lowest BCUT2D eigenvalue weighted by molar-refractivity contribution is -0.139. The molecule has 0 radical (unpaired) electrons. The van der Waals surface area contributed by atoms with Crippen LogP contribution in [0.5, 0.6) is 0 Å². The number of nitrogens with one attached hydrogen (secondary N) is 1. The lowest BCUT2D eigenvalue weighted by atomic mass is 10.1. The first-order chi connectivity index (χ1) is 20.6. The van der Waals surface area contributed by atoms with Crippen LogP contribution in [0, 0.1) is 5.92 Å². The molecule has 3 aliphatic rings. The van der Waals surface area contributed by atoms with Crippen LogP contribution in [0.4, 0.5) is 17.5 Å². The third-order valence-corrected chi connectivity index (χ3v) is 7.99. The topological polar surface area (TPSA) is 198 Å². The molecule has 0 amide bonds. The fourth-order valence-corrected chi connectivity index (χ4v) is 5.57. The van der Waals surface area contributed by atoms with Gasteiger partial charge in [-0.2, -0.15) is 9.97 Å². The summed E-state index contributed by atoms with van der Waals surface area (Å²) in [6, 6.07) is 8.61. The molecule has 6 rings (SSSR count). The molecular formula is C28H38N7O7P. The standard InChI is InChI=1S/C14H18N6O.C14H20NO6P/c15-14-18-12(17-9-2-3-9)11-13(19-14)20(7-16-11)10-4-1-8(5-10)6-21;1-11(14(16)21-22(17,18)19)15(12-7-3-2-4-8-12)20-13-9-5-6-10-13/h1,4,7-10,21H,2-3,5-6H2,(H3,15,17,18,19);2-4,7-8,11,13H,5-6,9-10H2,1H3,(H2,17,18,19)/t8-,10+;11-/m10/s1. The molecule has 0 bridgehead atoms. The van der Waals surface area contributed by atoms with Gasteiger partial charge in [-0.1, -0.05) is 43.2 Å². The Kier molecular flexibility index (Phi) is 9.62. The third kappa shape index (κ3) is 8.09. The lowest BCUT2D eigenvalue weighted by Gasteiger charge is -2.31. The number of carbonyl (C=O) groups excluding carboxylic acids is 1. The Bertz CT molecular complexity index is 1470. The van der Waals surface area contributed by atoms with Gasteiger partial charge >= 0.3 is 13.8 Å². The van der Waals surface area contributed by atoms with E-state index in [0.717, 1.165) is 61.9 Å². The van der Waals surface area contributed by atoms with Gasteiger partial charge in [0.05, 0.1) is 24.2 Å². The van der Waals surface area contributed by atoms with Crippen molar-refractivity contribution in [3.63, 3.8) is 0 Å². The maximum absolute atomic E-state index is 11.9. The fourth-order valence-electron chi connectivity index (χ4n) is 5.19. The molecule has 0 spiro atoms. The Labute approximate surface area is 249 Å². The van der Waals surface area contributed by atoms with E-state index in [1.165, 1.54) is 12.0 Å². The third-order valence-electron chi connectivity index (χ3n) is 7.58. The first-order valence-corrected chi connectivity index (χ1v) is 16.0. The van der Waals surface area contributed by atoms with Crippen LogP contribution in [0.1, 0.15) is 57.9 Å². The number of aliphatic hydroxyl groups excluding tert-OH is 1. The van der Waals surface area contributed by atoms with Crippen molar-refractivity contribution in [3.8, 4) is 0 Å². The summed E-state index contributed by atoms with van der Waals surface area (Å²) >= 11 is 0. The number of benzene rings is 1. The highest BCUT2D eigenvalue weighted by atomic mass is 31.2. The number of hydroxylamine groups is 1. The Morgan fingerprint density at radius 2 is 1.88 bits per heavy atom. The van der Waals surface area contributed by atoms with Gasteiger partial charge in [0.1, 0.15) is 0 Å². The summed E-state index contributed by atoms with van der Waals surface area (Å²) in [6.07, 6.45) is 13.0. The minimum Gasteiger partial charge on any atom is -0.396 e. The number of phosphoric acid groups is 1. The van der Waals surface area contributed by atoms with Crippen molar-refractivity contribution in [1.29, 1.82) is 0 Å². The van der Waals surface area contributed by atoms with E-state index in [4.69, 9.17) is 20.4 Å². The zero-order valence-corrected chi connectivity index (χ0v) is 24.8. The number of hydrogen-bond donors (Lipinski definition) is 5. The van der Waals surface area contributed by atoms with Crippen molar-refractivity contribution in [2.75, 3.05) is 22.7 Å². The van der Waals surface area contributed by atoms with Gasteiger partial charge in [-0.3, -0.25) is 14.6 Å². The van der Waals surface area contributed by atoms with E-state index >= 15 is 0 Å². The minimum atomic E-state index is -4.87. The van der Waals surface area contributed by atoms with Gasteiger partial charge in [-0.25, -0.2) is 19.4 Å². The van der Waals surface area contributed by atoms with Crippen LogP contribution in [0.15, 0.2) is 48.8 Å². The predicted octanol–water partition coefficient (Wildman–Crippen LogP) is 3.48. The molecule has 0 unspecified atom stereocenters. The summed E-state index contributed by atoms with van der Waals surface area (Å²) in [4.78, 5) is 48.4. The number of nitrogens with zero attached hydrogens (tertiary/aromatic N) is 5. The molecule has 15 heteroatoms. The lowest BCUT2D eigenvalue weighted by Crippen LogP contribution is -2.42. The minimum absolute atomic E-state index is 0.00878. The van der Waals surface area contributed by atoms with E-state index in [9.17, 15) is 14.5 Å². The summed E-state index contributed by atoms with van der Waals surface area (Å²) in [5, 5.41) is 14.0. The van der Waals surface area contributed by atoms with Crippen LogP contribution in [-0.2, 0) is 18.7 Å². The Hall–Kier alpha value is -3.55. The van der Waals surface area contributed by atoms with Crippen LogP contribution in [0.2, 0.25) is 0 Å². The zero-order valence-electron chi connectivity index (χ0n) is 23.9. The van der Waals surface area contributed by atoms with Crippen LogP contribution < -0.4 is 16.1 Å². The Balaban J connectivity index is 0.000000171. The molecule has 2 saturated carbocycles. The molecule has 3 atom stereocenters. The number of para-hydroxylation sites is 1. The van der Waals surface area contributed by atoms with Crippen molar-refractivity contribution in [2.24, 2.45) is 5.92 Å². The van der Waals surface area contributed by atoms with E-state index in [2.05, 4.69) is 30.9 Å². The van der Waals surface area contributed by atoms with Gasteiger partial charge in [0.2, 0.25) is 5.95 Å². The molecule has 43 heavy (non-hydrogen) atoms. The molecule has 3 aromatic rings. The monoisotopic (exact) mass is 615 g/mol. The SMILES string of the molecule is C[C@@H](C(=O)OP(=O)(O)O)N(OC1CCCC1)c1ccccc1.Nc1nc(NC2CC2)c2ncn([C@H]3C=C[C@@H](CO)C3)c2n1. The molecule has 6 N–H and O–H groups in total. The number of carbonyl (C=O) groups is 1. The summed E-state index contributed by atoms with van der Waals surface area (Å²) < 4.78 is 17.0. The zero-order chi connectivity index (χ0) is 30.6. The van der Waals surface area contributed by atoms with Crippen molar-refractivity contribution in [2.45, 2.75) is 76.1 Å². The molecular weight excluding hydrogens is 577 g/mol. The van der Waals surface area contributed by atoms with Gasteiger partial charge < -0.3 is 25.2 Å². The van der Waals surface area contributed by atoms with Crippen molar-refractivity contribution in [3.05, 3.63) is 48.8 Å². The molecule has 2 heterocycles. The molecule has 2 fully saturated rings. The maximum Gasteiger partial charge on any atom is 0.527 e. The second-order valence-electron chi connectivity index (χ2n) is 11.1. The van der Waals surface area contributed by atoms with Gasteiger partial charge in [0.25, 0.3) is 0 Å². The number of hydrogen-bond acceptors (Lipinski definition) is 11. The summed E-state index contributed by atoms with van der Waals surface area (Å²) in [5.74, 6) is 0.151. The predicted molar refractivity (Wildman–Crippen MR) is 160 cm³/mol. The second-order valence-corrected chi connectivity index (χ2v) is 12.2. The highest BCUT2D eigenvalue weighted by molar-refractivity contribution is 7.46. The summed E-state index contributed by atoms with van der Waals surface area (Å²) in [7, 11) is -4.87. The highest BCUT2D eigenvalue weighted by Crippen LogP contribution is 2.37. The van der Waals surface area contributed by atoms with Gasteiger partial charge in [0, 0.05) is 18.6 Å². The van der Waals surface area contributed by atoms with E-state index in [1.54, 1.807) is 30.6 Å². The van der Waals surface area contributed by atoms with Gasteiger partial charge in [-0.05, 0) is 51.2 Å². The van der Waals surface area contributed by atoms with Crippen LogP contribution >= 0.6 is 7.82 Å². The van der Waals surface area contributed by atoms with E-state index in [-0.39, 0.29) is 30.6 Å². The number of fused-ring (bicyclic) bond motifs is 1.